The van der Waals surface area contributed by atoms with Crippen LogP contribution in [-0.4, -0.2) is 21.0 Å². The van der Waals surface area contributed by atoms with Crippen LogP contribution in [0.5, 0.6) is 0 Å². The molecule has 0 saturated carbocycles. The SMILES string of the molecule is CC(C)(C)c1cc(=O)[nH]c(SCc2ccc(C(=O)O)cc2)n1. The van der Waals surface area contributed by atoms with E-state index in [9.17, 15) is 9.59 Å². The van der Waals surface area contributed by atoms with Gasteiger partial charge in [0, 0.05) is 17.2 Å². The van der Waals surface area contributed by atoms with Crippen LogP contribution in [-0.2, 0) is 11.2 Å². The fourth-order valence-corrected chi connectivity index (χ4v) is 2.61. The Morgan fingerprint density at radius 2 is 1.91 bits per heavy atom. The molecule has 1 aromatic carbocycles. The Morgan fingerprint density at radius 1 is 1.27 bits per heavy atom. The van der Waals surface area contributed by atoms with Gasteiger partial charge in [-0.2, -0.15) is 0 Å². The number of hydrogen-bond donors (Lipinski definition) is 2. The number of nitrogens with zero attached hydrogens (tertiary/aromatic N) is 1. The lowest BCUT2D eigenvalue weighted by atomic mass is 9.92. The van der Waals surface area contributed by atoms with Crippen LogP contribution < -0.4 is 5.56 Å². The van der Waals surface area contributed by atoms with Gasteiger partial charge in [-0.1, -0.05) is 44.7 Å². The third kappa shape index (κ3) is 4.21. The Labute approximate surface area is 132 Å². The van der Waals surface area contributed by atoms with Crippen molar-refractivity contribution in [3.63, 3.8) is 0 Å². The number of H-pyrrole nitrogens is 1. The highest BCUT2D eigenvalue weighted by Crippen LogP contribution is 2.23. The topological polar surface area (TPSA) is 83.0 Å². The first-order valence-electron chi connectivity index (χ1n) is 6.82. The summed E-state index contributed by atoms with van der Waals surface area (Å²) < 4.78 is 0. The smallest absolute Gasteiger partial charge is 0.335 e. The summed E-state index contributed by atoms with van der Waals surface area (Å²) in [4.78, 5) is 29.7. The second kappa shape index (κ2) is 6.36. The quantitative estimate of drug-likeness (QED) is 0.668. The van der Waals surface area contributed by atoms with E-state index in [0.29, 0.717) is 10.9 Å². The molecule has 22 heavy (non-hydrogen) atoms. The lowest BCUT2D eigenvalue weighted by Gasteiger charge is -2.17. The van der Waals surface area contributed by atoms with Gasteiger partial charge in [-0.05, 0) is 17.7 Å². The van der Waals surface area contributed by atoms with Gasteiger partial charge in [-0.3, -0.25) is 4.79 Å². The normalized spacial score (nSPS) is 11.4. The highest BCUT2D eigenvalue weighted by Gasteiger charge is 2.17. The largest absolute Gasteiger partial charge is 0.478 e. The van der Waals surface area contributed by atoms with E-state index in [1.807, 2.05) is 20.8 Å². The minimum absolute atomic E-state index is 0.163. The average molecular weight is 318 g/mol. The van der Waals surface area contributed by atoms with Crippen molar-refractivity contribution in [3.05, 3.63) is 57.5 Å². The number of aromatic carboxylic acids is 1. The number of rotatable bonds is 4. The van der Waals surface area contributed by atoms with Gasteiger partial charge < -0.3 is 10.1 Å². The molecule has 116 valence electrons. The van der Waals surface area contributed by atoms with Gasteiger partial charge in [0.05, 0.1) is 11.3 Å². The van der Waals surface area contributed by atoms with Crippen molar-refractivity contribution in [2.45, 2.75) is 37.1 Å². The number of carboxylic acids is 1. The van der Waals surface area contributed by atoms with Crippen LogP contribution in [0.15, 0.2) is 40.3 Å². The van der Waals surface area contributed by atoms with E-state index in [4.69, 9.17) is 5.11 Å². The number of carboxylic acid groups (broad SMARTS) is 1. The van der Waals surface area contributed by atoms with Gasteiger partial charge in [0.1, 0.15) is 0 Å². The van der Waals surface area contributed by atoms with Crippen LogP contribution in [0.3, 0.4) is 0 Å². The number of aromatic nitrogens is 2. The fourth-order valence-electron chi connectivity index (χ4n) is 1.78. The number of nitrogens with one attached hydrogen (secondary N) is 1. The minimum Gasteiger partial charge on any atom is -0.478 e. The molecule has 2 aromatic rings. The molecule has 6 heteroatoms. The molecular weight excluding hydrogens is 300 g/mol. The molecule has 1 aromatic heterocycles. The Balaban J connectivity index is 2.13. The van der Waals surface area contributed by atoms with Gasteiger partial charge in [0.15, 0.2) is 5.16 Å². The molecule has 0 bridgehead atoms. The molecule has 5 nitrogen and oxygen atoms in total. The molecule has 0 spiro atoms. The van der Waals surface area contributed by atoms with Crippen LogP contribution in [0.25, 0.3) is 0 Å². The highest BCUT2D eigenvalue weighted by atomic mass is 32.2. The zero-order valence-corrected chi connectivity index (χ0v) is 13.5. The average Bonchev–Trinajstić information content (AvgIpc) is 2.44. The van der Waals surface area contributed by atoms with E-state index in [1.165, 1.54) is 17.8 Å². The van der Waals surface area contributed by atoms with Crippen LogP contribution in [0.2, 0.25) is 0 Å². The van der Waals surface area contributed by atoms with E-state index < -0.39 is 5.97 Å². The summed E-state index contributed by atoms with van der Waals surface area (Å²) in [6.07, 6.45) is 0. The van der Waals surface area contributed by atoms with Gasteiger partial charge >= 0.3 is 5.97 Å². The number of aromatic amines is 1. The Bertz CT molecular complexity index is 730. The summed E-state index contributed by atoms with van der Waals surface area (Å²) in [6.45, 7) is 6.02. The maximum atomic E-state index is 11.7. The summed E-state index contributed by atoms with van der Waals surface area (Å²) in [5, 5.41) is 9.44. The Hall–Kier alpha value is -2.08. The maximum Gasteiger partial charge on any atom is 0.335 e. The van der Waals surface area contributed by atoms with Crippen molar-refractivity contribution in [1.29, 1.82) is 0 Å². The third-order valence-electron chi connectivity index (χ3n) is 3.06. The summed E-state index contributed by atoms with van der Waals surface area (Å²) in [6, 6.07) is 8.19. The zero-order valence-electron chi connectivity index (χ0n) is 12.7. The van der Waals surface area contributed by atoms with E-state index in [-0.39, 0.29) is 16.5 Å². The molecule has 2 rings (SSSR count). The molecule has 0 saturated heterocycles. The number of hydrogen-bond acceptors (Lipinski definition) is 4. The third-order valence-corrected chi connectivity index (χ3v) is 4.01. The first-order chi connectivity index (χ1) is 10.3. The molecule has 0 aliphatic rings. The predicted octanol–water partition coefficient (Wildman–Crippen LogP) is 3.06. The minimum atomic E-state index is -0.942. The van der Waals surface area contributed by atoms with Gasteiger partial charge in [0.25, 0.3) is 5.56 Å². The molecule has 1 heterocycles. The molecule has 0 unspecified atom stereocenters. The van der Waals surface area contributed by atoms with Crippen molar-refractivity contribution in [2.75, 3.05) is 0 Å². The summed E-state index contributed by atoms with van der Waals surface area (Å²) in [5.74, 6) is -0.334. The summed E-state index contributed by atoms with van der Waals surface area (Å²) in [7, 11) is 0. The lowest BCUT2D eigenvalue weighted by molar-refractivity contribution is 0.0697. The van der Waals surface area contributed by atoms with Gasteiger partial charge in [-0.15, -0.1) is 0 Å². The summed E-state index contributed by atoms with van der Waals surface area (Å²) in [5.41, 5.74) is 1.63. The van der Waals surface area contributed by atoms with E-state index in [2.05, 4.69) is 9.97 Å². The van der Waals surface area contributed by atoms with Crippen LogP contribution >= 0.6 is 11.8 Å². The molecular formula is C16H18N2O3S. The van der Waals surface area contributed by atoms with Crippen LogP contribution in [0.4, 0.5) is 0 Å². The van der Waals surface area contributed by atoms with E-state index in [0.717, 1.165) is 11.3 Å². The molecule has 0 atom stereocenters. The van der Waals surface area contributed by atoms with Crippen molar-refractivity contribution in [3.8, 4) is 0 Å². The number of benzene rings is 1. The molecule has 0 aliphatic carbocycles. The second-order valence-corrected chi connectivity index (χ2v) is 6.94. The van der Waals surface area contributed by atoms with Crippen molar-refractivity contribution in [1.82, 2.24) is 9.97 Å². The van der Waals surface area contributed by atoms with E-state index in [1.54, 1.807) is 24.3 Å². The van der Waals surface area contributed by atoms with Gasteiger partial charge in [0.2, 0.25) is 0 Å². The fraction of sp³-hybridized carbons (Fsp3) is 0.312. The molecule has 0 amide bonds. The van der Waals surface area contributed by atoms with Crippen LogP contribution in [0, 0.1) is 0 Å². The first kappa shape index (κ1) is 16.3. The van der Waals surface area contributed by atoms with E-state index >= 15 is 0 Å². The first-order valence-corrected chi connectivity index (χ1v) is 7.81. The number of carbonyl (C=O) groups is 1. The van der Waals surface area contributed by atoms with Crippen molar-refractivity contribution in [2.24, 2.45) is 0 Å². The standard InChI is InChI=1S/C16H18N2O3S/c1-16(2,3)12-8-13(19)18-15(17-12)22-9-10-4-6-11(7-5-10)14(20)21/h4-8H,9H2,1-3H3,(H,20,21)(H,17,18,19). The Morgan fingerprint density at radius 3 is 2.45 bits per heavy atom. The predicted molar refractivity (Wildman–Crippen MR) is 86.5 cm³/mol. The van der Waals surface area contributed by atoms with Gasteiger partial charge in [-0.25, -0.2) is 9.78 Å². The second-order valence-electron chi connectivity index (χ2n) is 5.98. The summed E-state index contributed by atoms with van der Waals surface area (Å²) >= 11 is 1.42. The van der Waals surface area contributed by atoms with Crippen molar-refractivity contribution < 1.29 is 9.90 Å². The molecule has 0 aliphatic heterocycles. The molecule has 0 radical (unpaired) electrons. The zero-order chi connectivity index (χ0) is 16.3. The van der Waals surface area contributed by atoms with Crippen LogP contribution in [0.1, 0.15) is 42.4 Å². The monoisotopic (exact) mass is 318 g/mol. The Kier molecular flexibility index (Phi) is 4.71. The molecule has 0 fully saturated rings. The number of thioether (sulfide) groups is 1. The lowest BCUT2D eigenvalue weighted by Crippen LogP contribution is -2.19. The molecule has 2 N–H and O–H groups in total. The highest BCUT2D eigenvalue weighted by molar-refractivity contribution is 7.98. The van der Waals surface area contributed by atoms with Crippen molar-refractivity contribution >= 4 is 17.7 Å². The maximum absolute atomic E-state index is 11.7.